The van der Waals surface area contributed by atoms with Gasteiger partial charge >= 0.3 is 0 Å². The van der Waals surface area contributed by atoms with Gasteiger partial charge in [-0.1, -0.05) is 19.9 Å². The smallest absolute Gasteiger partial charge is 0.251 e. The van der Waals surface area contributed by atoms with Crippen LogP contribution in [0.1, 0.15) is 30.0 Å². The summed E-state index contributed by atoms with van der Waals surface area (Å²) >= 11 is 1.59. The Kier molecular flexibility index (Phi) is 6.33. The minimum atomic E-state index is -3.53. The summed E-state index contributed by atoms with van der Waals surface area (Å²) in [5.41, 5.74) is 0.392. The second kappa shape index (κ2) is 8.72. The number of hydrogen-bond acceptors (Lipinski definition) is 5. The number of rotatable bonds is 8. The largest absolute Gasteiger partial charge is 0.458 e. The van der Waals surface area contributed by atoms with Crippen LogP contribution in [0.2, 0.25) is 0 Å². The molecule has 0 unspecified atom stereocenters. The molecule has 1 N–H and O–H groups in total. The standard InChI is InChI=1S/C20H22N2O4S2/c1-3-22(4-2)28(24,25)17-10-7-15(8-11-17)20(23)21-14-16-9-12-18(26-16)19-6-5-13-27-19/h5-13H,3-4,14H2,1-2H3,(H,21,23). The zero-order valence-corrected chi connectivity index (χ0v) is 17.3. The van der Waals surface area contributed by atoms with E-state index in [1.54, 1.807) is 25.2 Å². The van der Waals surface area contributed by atoms with Crippen LogP contribution in [0.15, 0.2) is 63.2 Å². The fourth-order valence-corrected chi connectivity index (χ4v) is 4.93. The molecule has 0 aliphatic carbocycles. The van der Waals surface area contributed by atoms with Crippen LogP contribution >= 0.6 is 11.3 Å². The molecule has 0 atom stereocenters. The predicted octanol–water partition coefficient (Wildman–Crippen LogP) is 3.97. The fourth-order valence-electron chi connectivity index (χ4n) is 2.78. The number of benzene rings is 1. The quantitative estimate of drug-likeness (QED) is 0.600. The highest BCUT2D eigenvalue weighted by atomic mass is 32.2. The first kappa shape index (κ1) is 20.3. The Balaban J connectivity index is 1.64. The molecule has 1 aromatic carbocycles. The van der Waals surface area contributed by atoms with Crippen molar-refractivity contribution < 1.29 is 17.6 Å². The van der Waals surface area contributed by atoms with Gasteiger partial charge in [0.2, 0.25) is 10.0 Å². The molecular weight excluding hydrogens is 396 g/mol. The van der Waals surface area contributed by atoms with Gasteiger partial charge in [-0.05, 0) is 47.8 Å². The summed E-state index contributed by atoms with van der Waals surface area (Å²) in [5.74, 6) is 1.13. The average Bonchev–Trinajstić information content (AvgIpc) is 3.38. The molecule has 1 amide bonds. The van der Waals surface area contributed by atoms with Gasteiger partial charge < -0.3 is 9.73 Å². The van der Waals surface area contributed by atoms with Gasteiger partial charge in [-0.3, -0.25) is 4.79 Å². The molecular formula is C20H22N2O4S2. The number of hydrogen-bond donors (Lipinski definition) is 1. The Morgan fingerprint density at radius 2 is 1.79 bits per heavy atom. The summed E-state index contributed by atoms with van der Waals surface area (Å²) in [7, 11) is -3.53. The molecule has 3 rings (SSSR count). The van der Waals surface area contributed by atoms with Crippen LogP contribution in [0.4, 0.5) is 0 Å². The molecule has 0 bridgehead atoms. The van der Waals surface area contributed by atoms with Crippen molar-refractivity contribution in [1.82, 2.24) is 9.62 Å². The van der Waals surface area contributed by atoms with E-state index >= 15 is 0 Å². The summed E-state index contributed by atoms with van der Waals surface area (Å²) in [6.07, 6.45) is 0. The second-order valence-electron chi connectivity index (χ2n) is 6.04. The number of sulfonamides is 1. The van der Waals surface area contributed by atoms with Gasteiger partial charge in [0.05, 0.1) is 16.3 Å². The van der Waals surface area contributed by atoms with E-state index in [9.17, 15) is 13.2 Å². The van der Waals surface area contributed by atoms with E-state index in [1.807, 2.05) is 29.6 Å². The van der Waals surface area contributed by atoms with E-state index in [0.29, 0.717) is 24.4 Å². The number of carbonyl (C=O) groups is 1. The van der Waals surface area contributed by atoms with Crippen LogP contribution in [0, 0.1) is 0 Å². The molecule has 0 saturated carbocycles. The van der Waals surface area contributed by atoms with E-state index in [4.69, 9.17) is 4.42 Å². The van der Waals surface area contributed by atoms with Crippen molar-refractivity contribution >= 4 is 27.3 Å². The number of nitrogens with zero attached hydrogens (tertiary/aromatic N) is 1. The molecule has 8 heteroatoms. The first-order valence-electron chi connectivity index (χ1n) is 8.96. The monoisotopic (exact) mass is 418 g/mol. The molecule has 2 aromatic heterocycles. The van der Waals surface area contributed by atoms with E-state index in [2.05, 4.69) is 5.32 Å². The zero-order valence-electron chi connectivity index (χ0n) is 15.7. The minimum absolute atomic E-state index is 0.180. The predicted molar refractivity (Wildman–Crippen MR) is 110 cm³/mol. The third-order valence-corrected chi connectivity index (χ3v) is 7.26. The van der Waals surface area contributed by atoms with Crippen molar-refractivity contribution in [2.75, 3.05) is 13.1 Å². The van der Waals surface area contributed by atoms with Crippen LogP contribution in [0.5, 0.6) is 0 Å². The SMILES string of the molecule is CCN(CC)S(=O)(=O)c1ccc(C(=O)NCc2ccc(-c3cccs3)o2)cc1. The Morgan fingerprint density at radius 1 is 1.07 bits per heavy atom. The first-order valence-corrected chi connectivity index (χ1v) is 11.3. The van der Waals surface area contributed by atoms with Crippen molar-refractivity contribution in [1.29, 1.82) is 0 Å². The summed E-state index contributed by atoms with van der Waals surface area (Å²) in [4.78, 5) is 13.6. The van der Waals surface area contributed by atoms with Crippen molar-refractivity contribution in [3.8, 4) is 10.6 Å². The van der Waals surface area contributed by atoms with Gasteiger partial charge in [0, 0.05) is 18.7 Å². The van der Waals surface area contributed by atoms with Gasteiger partial charge in [-0.25, -0.2) is 8.42 Å². The van der Waals surface area contributed by atoms with Crippen LogP contribution in [0.25, 0.3) is 10.6 Å². The topological polar surface area (TPSA) is 79.6 Å². The van der Waals surface area contributed by atoms with Crippen LogP contribution in [-0.2, 0) is 16.6 Å². The molecule has 0 aliphatic heterocycles. The maximum atomic E-state index is 12.5. The van der Waals surface area contributed by atoms with E-state index in [1.165, 1.54) is 28.6 Å². The van der Waals surface area contributed by atoms with Crippen LogP contribution < -0.4 is 5.32 Å². The lowest BCUT2D eigenvalue weighted by atomic mass is 10.2. The molecule has 0 radical (unpaired) electrons. The second-order valence-corrected chi connectivity index (χ2v) is 8.93. The maximum absolute atomic E-state index is 12.5. The molecule has 0 saturated heterocycles. The van der Waals surface area contributed by atoms with Crippen molar-refractivity contribution in [3.63, 3.8) is 0 Å². The Hall–Kier alpha value is -2.42. The molecule has 6 nitrogen and oxygen atoms in total. The van der Waals surface area contributed by atoms with Crippen molar-refractivity contribution in [2.24, 2.45) is 0 Å². The lowest BCUT2D eigenvalue weighted by molar-refractivity contribution is 0.0948. The lowest BCUT2D eigenvalue weighted by Gasteiger charge is -2.18. The fraction of sp³-hybridized carbons (Fsp3) is 0.250. The highest BCUT2D eigenvalue weighted by Crippen LogP contribution is 2.26. The molecule has 28 heavy (non-hydrogen) atoms. The number of furan rings is 1. The summed E-state index contributed by atoms with van der Waals surface area (Å²) in [6.45, 7) is 4.64. The summed E-state index contributed by atoms with van der Waals surface area (Å²) in [6, 6.07) is 13.6. The number of carbonyl (C=O) groups excluding carboxylic acids is 1. The minimum Gasteiger partial charge on any atom is -0.458 e. The van der Waals surface area contributed by atoms with Crippen LogP contribution in [-0.4, -0.2) is 31.7 Å². The highest BCUT2D eigenvalue weighted by Gasteiger charge is 2.21. The summed E-state index contributed by atoms with van der Waals surface area (Å²) < 4.78 is 32.1. The van der Waals surface area contributed by atoms with Gasteiger partial charge in [-0.2, -0.15) is 4.31 Å². The first-order chi connectivity index (χ1) is 13.5. The number of amides is 1. The third kappa shape index (κ3) is 4.35. The highest BCUT2D eigenvalue weighted by molar-refractivity contribution is 7.89. The zero-order chi connectivity index (χ0) is 20.1. The molecule has 0 spiro atoms. The molecule has 0 fully saturated rings. The average molecular weight is 419 g/mol. The van der Waals surface area contributed by atoms with E-state index in [0.717, 1.165) is 10.6 Å². The Morgan fingerprint density at radius 3 is 2.39 bits per heavy atom. The van der Waals surface area contributed by atoms with Crippen molar-refractivity contribution in [3.05, 3.63) is 65.2 Å². The normalized spacial score (nSPS) is 11.7. The van der Waals surface area contributed by atoms with E-state index < -0.39 is 10.0 Å². The maximum Gasteiger partial charge on any atom is 0.251 e. The van der Waals surface area contributed by atoms with Crippen molar-refractivity contribution in [2.45, 2.75) is 25.3 Å². The number of nitrogens with one attached hydrogen (secondary N) is 1. The molecule has 2 heterocycles. The molecule has 148 valence electrons. The lowest BCUT2D eigenvalue weighted by Crippen LogP contribution is -2.30. The molecule has 3 aromatic rings. The van der Waals surface area contributed by atoms with E-state index in [-0.39, 0.29) is 17.3 Å². The Bertz CT molecular complexity index is 1020. The van der Waals surface area contributed by atoms with Gasteiger partial charge in [0.15, 0.2) is 0 Å². The Labute approximate surface area is 168 Å². The van der Waals surface area contributed by atoms with Gasteiger partial charge in [-0.15, -0.1) is 11.3 Å². The van der Waals surface area contributed by atoms with Gasteiger partial charge in [0.1, 0.15) is 11.5 Å². The number of thiophene rings is 1. The van der Waals surface area contributed by atoms with Gasteiger partial charge in [0.25, 0.3) is 5.91 Å². The third-order valence-electron chi connectivity index (χ3n) is 4.31. The molecule has 0 aliphatic rings. The van der Waals surface area contributed by atoms with Crippen LogP contribution in [0.3, 0.4) is 0 Å². The summed E-state index contributed by atoms with van der Waals surface area (Å²) in [5, 5.41) is 4.76.